The summed E-state index contributed by atoms with van der Waals surface area (Å²) in [6, 6.07) is 0. The first-order valence-corrected chi connectivity index (χ1v) is 9.30. The van der Waals surface area contributed by atoms with E-state index in [2.05, 4.69) is 0 Å². The molecule has 1 saturated carbocycles. The van der Waals surface area contributed by atoms with Crippen LogP contribution in [-0.4, -0.2) is 48.8 Å². The first kappa shape index (κ1) is 14.2. The number of hydrogen-bond donors (Lipinski definition) is 0. The molecule has 5 fully saturated rings. The van der Waals surface area contributed by atoms with Crippen molar-refractivity contribution in [2.45, 2.75) is 86.6 Å². The van der Waals surface area contributed by atoms with Crippen molar-refractivity contribution in [3.05, 3.63) is 0 Å². The van der Waals surface area contributed by atoms with E-state index in [9.17, 15) is 0 Å². The van der Waals surface area contributed by atoms with Gasteiger partial charge in [0, 0.05) is 39.3 Å². The number of rotatable bonds is 0. The molecule has 4 saturated heterocycles. The van der Waals surface area contributed by atoms with Gasteiger partial charge in [0.15, 0.2) is 0 Å². The highest BCUT2D eigenvalue weighted by Gasteiger charge is 2.72. The molecule has 1 aliphatic carbocycles. The Morgan fingerprint density at radius 2 is 0.682 bits per heavy atom. The third-order valence-corrected chi connectivity index (χ3v) is 7.22. The topological polar surface area (TPSA) is 36.9 Å². The Hall–Kier alpha value is -0.160. The van der Waals surface area contributed by atoms with Gasteiger partial charge < -0.3 is 18.9 Å². The molecular weight excluding hydrogens is 280 g/mol. The maximum absolute atomic E-state index is 6.45. The molecule has 22 heavy (non-hydrogen) atoms. The Balaban J connectivity index is 1.60. The van der Waals surface area contributed by atoms with Gasteiger partial charge in [0.05, 0.1) is 0 Å². The summed E-state index contributed by atoms with van der Waals surface area (Å²) in [5.74, 6) is 0. The zero-order valence-electron chi connectivity index (χ0n) is 13.5. The van der Waals surface area contributed by atoms with Crippen LogP contribution in [0.1, 0.15) is 64.2 Å². The molecule has 5 rings (SSSR count). The predicted octanol–water partition coefficient (Wildman–Crippen LogP) is 2.98. The van der Waals surface area contributed by atoms with Crippen molar-refractivity contribution in [2.24, 2.45) is 0 Å². The average molecular weight is 308 g/mol. The van der Waals surface area contributed by atoms with E-state index in [-0.39, 0.29) is 22.4 Å². The van der Waals surface area contributed by atoms with E-state index in [1.54, 1.807) is 0 Å². The fourth-order valence-electron chi connectivity index (χ4n) is 6.35. The van der Waals surface area contributed by atoms with Crippen LogP contribution in [0.5, 0.6) is 0 Å². The van der Waals surface area contributed by atoms with Crippen LogP contribution in [0, 0.1) is 0 Å². The first-order valence-electron chi connectivity index (χ1n) is 9.30. The van der Waals surface area contributed by atoms with Crippen LogP contribution in [0.4, 0.5) is 0 Å². The van der Waals surface area contributed by atoms with Gasteiger partial charge in [-0.25, -0.2) is 0 Å². The molecule has 4 nitrogen and oxygen atoms in total. The summed E-state index contributed by atoms with van der Waals surface area (Å²) >= 11 is 0. The molecule has 0 unspecified atom stereocenters. The summed E-state index contributed by atoms with van der Waals surface area (Å²) < 4.78 is 25.8. The van der Waals surface area contributed by atoms with Crippen molar-refractivity contribution in [1.29, 1.82) is 0 Å². The van der Waals surface area contributed by atoms with Crippen molar-refractivity contribution < 1.29 is 18.9 Å². The Morgan fingerprint density at radius 1 is 0.409 bits per heavy atom. The fourth-order valence-corrected chi connectivity index (χ4v) is 6.35. The van der Waals surface area contributed by atoms with E-state index in [0.29, 0.717) is 0 Å². The van der Waals surface area contributed by atoms with Crippen LogP contribution in [0.25, 0.3) is 0 Å². The molecule has 5 aliphatic rings. The predicted molar refractivity (Wildman–Crippen MR) is 80.9 cm³/mol. The van der Waals surface area contributed by atoms with E-state index in [4.69, 9.17) is 18.9 Å². The number of hydrogen-bond acceptors (Lipinski definition) is 4. The van der Waals surface area contributed by atoms with Crippen LogP contribution in [0.15, 0.2) is 0 Å². The molecule has 0 N–H and O–H groups in total. The van der Waals surface area contributed by atoms with E-state index in [1.807, 2.05) is 0 Å². The summed E-state index contributed by atoms with van der Waals surface area (Å²) in [7, 11) is 0. The molecule has 0 amide bonds. The van der Waals surface area contributed by atoms with Crippen LogP contribution < -0.4 is 0 Å². The van der Waals surface area contributed by atoms with Crippen LogP contribution in [0.3, 0.4) is 0 Å². The summed E-state index contributed by atoms with van der Waals surface area (Å²) in [5, 5.41) is 0. The van der Waals surface area contributed by atoms with Gasteiger partial charge in [-0.2, -0.15) is 0 Å². The molecule has 4 heterocycles. The molecule has 4 aliphatic heterocycles. The van der Waals surface area contributed by atoms with Gasteiger partial charge in [0.2, 0.25) is 0 Å². The van der Waals surface area contributed by atoms with Crippen molar-refractivity contribution in [3.8, 4) is 0 Å². The molecule has 124 valence electrons. The Kier molecular flexibility index (Phi) is 3.03. The zero-order valence-corrected chi connectivity index (χ0v) is 13.5. The van der Waals surface area contributed by atoms with E-state index in [1.165, 1.54) is 0 Å². The zero-order chi connectivity index (χ0) is 14.7. The van der Waals surface area contributed by atoms with Crippen molar-refractivity contribution >= 4 is 0 Å². The molecule has 4 atom stereocenters. The minimum Gasteiger partial charge on any atom is -0.372 e. The average Bonchev–Trinajstić information content (AvgIpc) is 3.25. The van der Waals surface area contributed by atoms with Crippen LogP contribution in [-0.2, 0) is 18.9 Å². The highest BCUT2D eigenvalue weighted by atomic mass is 16.6. The lowest BCUT2D eigenvalue weighted by atomic mass is 9.55. The van der Waals surface area contributed by atoms with E-state index < -0.39 is 0 Å². The van der Waals surface area contributed by atoms with Crippen LogP contribution in [0.2, 0.25) is 0 Å². The van der Waals surface area contributed by atoms with Gasteiger partial charge in [-0.1, -0.05) is 0 Å². The molecule has 0 aromatic rings. The Morgan fingerprint density at radius 3 is 0.864 bits per heavy atom. The molecular formula is C18H28O4. The van der Waals surface area contributed by atoms with Crippen molar-refractivity contribution in [1.82, 2.24) is 0 Å². The molecule has 0 bridgehead atoms. The normalized spacial score (nSPS) is 54.5. The highest BCUT2D eigenvalue weighted by molar-refractivity contribution is 5.23. The van der Waals surface area contributed by atoms with Crippen LogP contribution >= 0.6 is 0 Å². The van der Waals surface area contributed by atoms with Gasteiger partial charge in [-0.3, -0.25) is 0 Å². The standard InChI is InChI=1S/C18H28O4/c1-5-15(19-9-1)13-17(7-3-11-21-17)18(8-4-12-22-18)14-16(15)6-2-10-20-16/h1-14H2/t15-,16-,17+,18+. The maximum Gasteiger partial charge on any atom is 0.100 e. The second kappa shape index (κ2) is 4.69. The molecule has 4 spiro atoms. The molecule has 0 aromatic heterocycles. The molecule has 0 radical (unpaired) electrons. The first-order chi connectivity index (χ1) is 10.7. The maximum atomic E-state index is 6.45. The lowest BCUT2D eigenvalue weighted by Crippen LogP contribution is -2.71. The highest BCUT2D eigenvalue weighted by Crippen LogP contribution is 2.63. The van der Waals surface area contributed by atoms with Gasteiger partial charge >= 0.3 is 0 Å². The summed E-state index contributed by atoms with van der Waals surface area (Å²) in [4.78, 5) is 0. The largest absolute Gasteiger partial charge is 0.372 e. The van der Waals surface area contributed by atoms with E-state index in [0.717, 1.165) is 90.6 Å². The summed E-state index contributed by atoms with van der Waals surface area (Å²) in [6.45, 7) is 3.54. The van der Waals surface area contributed by atoms with Gasteiger partial charge in [0.1, 0.15) is 22.4 Å². The molecule has 4 heteroatoms. The smallest absolute Gasteiger partial charge is 0.100 e. The Bertz CT molecular complexity index is 354. The van der Waals surface area contributed by atoms with Crippen molar-refractivity contribution in [2.75, 3.05) is 26.4 Å². The number of fused-ring (bicyclic) bond motifs is 2. The number of ether oxygens (including phenoxy) is 4. The lowest BCUT2D eigenvalue weighted by molar-refractivity contribution is -0.293. The second-order valence-corrected chi connectivity index (χ2v) is 8.14. The monoisotopic (exact) mass is 308 g/mol. The quantitative estimate of drug-likeness (QED) is 0.689. The van der Waals surface area contributed by atoms with Crippen molar-refractivity contribution in [3.63, 3.8) is 0 Å². The second-order valence-electron chi connectivity index (χ2n) is 8.14. The van der Waals surface area contributed by atoms with E-state index >= 15 is 0 Å². The minimum atomic E-state index is -0.120. The van der Waals surface area contributed by atoms with Gasteiger partial charge in [-0.15, -0.1) is 0 Å². The molecule has 0 aromatic carbocycles. The Labute approximate surface area is 132 Å². The fraction of sp³-hybridized carbons (Fsp3) is 1.00. The SMILES string of the molecule is C1CO[C@]2(C1)C[C@@]1(CCCO1)[C@]1(CCCO1)C[C@]21CCCO1. The van der Waals surface area contributed by atoms with Gasteiger partial charge in [-0.05, 0) is 51.4 Å². The minimum absolute atomic E-state index is 0.120. The third kappa shape index (κ3) is 1.62. The summed E-state index contributed by atoms with van der Waals surface area (Å²) in [5.41, 5.74) is -0.480. The van der Waals surface area contributed by atoms with Gasteiger partial charge in [0.25, 0.3) is 0 Å². The third-order valence-electron chi connectivity index (χ3n) is 7.22. The summed E-state index contributed by atoms with van der Waals surface area (Å²) in [6.07, 6.45) is 11.2. The lowest BCUT2D eigenvalue weighted by Gasteiger charge is -2.61.